The highest BCUT2D eigenvalue weighted by Gasteiger charge is 2.31. The van der Waals surface area contributed by atoms with Crippen LogP contribution in [0.4, 0.5) is 10.5 Å². The number of pyridine rings is 1. The molecule has 4 rings (SSSR count). The maximum absolute atomic E-state index is 13.2. The highest BCUT2D eigenvalue weighted by molar-refractivity contribution is 6.43. The summed E-state index contributed by atoms with van der Waals surface area (Å²) in [6.07, 6.45) is 0.722. The maximum atomic E-state index is 13.2. The second-order valence-corrected chi connectivity index (χ2v) is 13.4. The van der Waals surface area contributed by atoms with Gasteiger partial charge in [-0.15, -0.1) is 0 Å². The van der Waals surface area contributed by atoms with E-state index in [1.54, 1.807) is 15.5 Å². The fourth-order valence-electron chi connectivity index (χ4n) is 5.69. The number of nitrogens with zero attached hydrogens (tertiary/aromatic N) is 4. The zero-order chi connectivity index (χ0) is 32.0. The Kier molecular flexibility index (Phi) is 11.5. The zero-order valence-corrected chi connectivity index (χ0v) is 28.3. The van der Waals surface area contributed by atoms with Crippen LogP contribution in [0, 0.1) is 5.92 Å². The number of benzene rings is 2. The first-order valence-electron chi connectivity index (χ1n) is 15.6. The van der Waals surface area contributed by atoms with Crippen molar-refractivity contribution in [2.75, 3.05) is 50.8 Å². The van der Waals surface area contributed by atoms with Gasteiger partial charge in [0, 0.05) is 56.3 Å². The van der Waals surface area contributed by atoms with Gasteiger partial charge in [0.05, 0.1) is 27.9 Å². The minimum Gasteiger partial charge on any atom is -0.494 e. The van der Waals surface area contributed by atoms with Gasteiger partial charge in [0.15, 0.2) is 6.23 Å². The Bertz CT molecular complexity index is 1480. The van der Waals surface area contributed by atoms with Crippen molar-refractivity contribution in [3.8, 4) is 5.75 Å². The number of aromatic nitrogens is 1. The molecule has 3 aromatic rings. The number of amides is 1. The fraction of sp³-hybridized carbons (Fsp3) is 0.529. The van der Waals surface area contributed by atoms with Crippen molar-refractivity contribution < 1.29 is 14.3 Å². The topological polar surface area (TPSA) is 67.2 Å². The predicted molar refractivity (Wildman–Crippen MR) is 181 cm³/mol. The van der Waals surface area contributed by atoms with Crippen LogP contribution in [-0.4, -0.2) is 71.9 Å². The van der Waals surface area contributed by atoms with E-state index in [9.17, 15) is 9.59 Å². The molecule has 10 heteroatoms. The Balaban J connectivity index is 1.35. The first-order valence-corrected chi connectivity index (χ1v) is 16.3. The monoisotopic (exact) mass is 644 g/mol. The van der Waals surface area contributed by atoms with E-state index in [-0.39, 0.29) is 11.5 Å². The van der Waals surface area contributed by atoms with Gasteiger partial charge in [-0.3, -0.25) is 14.3 Å². The van der Waals surface area contributed by atoms with Crippen LogP contribution in [0.1, 0.15) is 60.6 Å². The Morgan fingerprint density at radius 2 is 1.70 bits per heavy atom. The molecule has 1 aliphatic heterocycles. The van der Waals surface area contributed by atoms with Crippen molar-refractivity contribution in [3.05, 3.63) is 68.9 Å². The van der Waals surface area contributed by atoms with Crippen molar-refractivity contribution in [2.45, 2.75) is 66.2 Å². The van der Waals surface area contributed by atoms with Gasteiger partial charge in [-0.25, -0.2) is 4.79 Å². The summed E-state index contributed by atoms with van der Waals surface area (Å²) in [5, 5.41) is 2.08. The third-order valence-corrected chi connectivity index (χ3v) is 8.89. The molecule has 0 spiro atoms. The van der Waals surface area contributed by atoms with Crippen LogP contribution < -0.4 is 15.2 Å². The fourth-order valence-corrected chi connectivity index (χ4v) is 6.11. The van der Waals surface area contributed by atoms with Gasteiger partial charge >= 0.3 is 6.09 Å². The molecule has 0 bridgehead atoms. The van der Waals surface area contributed by atoms with Crippen LogP contribution in [0.25, 0.3) is 10.9 Å². The summed E-state index contributed by atoms with van der Waals surface area (Å²) in [6.45, 7) is 17.6. The molecule has 0 saturated carbocycles. The van der Waals surface area contributed by atoms with Crippen LogP contribution in [0.15, 0.2) is 53.3 Å². The van der Waals surface area contributed by atoms with Crippen molar-refractivity contribution in [1.82, 2.24) is 14.4 Å². The number of unbranched alkanes of at least 4 members (excludes halogenated alkanes) is 1. The second-order valence-electron chi connectivity index (χ2n) is 12.7. The summed E-state index contributed by atoms with van der Waals surface area (Å²) in [6, 6.07) is 14.8. The number of ether oxygens (including phenoxy) is 2. The van der Waals surface area contributed by atoms with E-state index in [1.807, 2.05) is 77.9 Å². The van der Waals surface area contributed by atoms with Crippen molar-refractivity contribution >= 4 is 45.9 Å². The van der Waals surface area contributed by atoms with E-state index in [4.69, 9.17) is 32.7 Å². The lowest BCUT2D eigenvalue weighted by Crippen LogP contribution is -2.47. The van der Waals surface area contributed by atoms with Gasteiger partial charge in [0.25, 0.3) is 5.56 Å². The molecule has 0 aliphatic carbocycles. The summed E-state index contributed by atoms with van der Waals surface area (Å²) in [7, 11) is 0. The number of piperazine rings is 1. The van der Waals surface area contributed by atoms with Crippen LogP contribution in [-0.2, 0) is 4.74 Å². The van der Waals surface area contributed by atoms with Crippen LogP contribution in [0.5, 0.6) is 5.75 Å². The molecule has 1 aliphatic rings. The highest BCUT2D eigenvalue weighted by Crippen LogP contribution is 2.33. The SMILES string of the molecule is CCN(C(=O)OC(C(C)C)n1c(=O)ccc2ccc(OCCCCN3CCN(c4cccc(Cl)c4Cl)CC3)cc21)C(C)(C)C. The van der Waals surface area contributed by atoms with Gasteiger partial charge in [-0.05, 0) is 82.8 Å². The number of anilines is 1. The molecule has 1 unspecified atom stereocenters. The Morgan fingerprint density at radius 3 is 2.36 bits per heavy atom. The van der Waals surface area contributed by atoms with Crippen LogP contribution >= 0.6 is 23.2 Å². The minimum atomic E-state index is -0.763. The van der Waals surface area contributed by atoms with E-state index in [1.165, 1.54) is 6.07 Å². The van der Waals surface area contributed by atoms with E-state index in [0.717, 1.165) is 56.6 Å². The molecule has 1 aromatic heterocycles. The molecule has 1 atom stereocenters. The quantitative estimate of drug-likeness (QED) is 0.199. The Labute approximate surface area is 271 Å². The normalized spacial score (nSPS) is 15.1. The molecule has 240 valence electrons. The van der Waals surface area contributed by atoms with Crippen LogP contribution in [0.3, 0.4) is 0 Å². The summed E-state index contributed by atoms with van der Waals surface area (Å²) in [4.78, 5) is 32.8. The first-order chi connectivity index (χ1) is 20.9. The Morgan fingerprint density at radius 1 is 1.00 bits per heavy atom. The number of carbonyl (C=O) groups is 1. The molecule has 1 amide bonds. The molecule has 8 nitrogen and oxygen atoms in total. The van der Waals surface area contributed by atoms with Crippen molar-refractivity contribution in [1.29, 1.82) is 0 Å². The lowest BCUT2D eigenvalue weighted by atomic mass is 10.1. The molecule has 0 radical (unpaired) electrons. The Hall–Kier alpha value is -2.94. The van der Waals surface area contributed by atoms with E-state index < -0.39 is 17.9 Å². The standard InChI is InChI=1S/C34H46Cl2N4O4/c1-7-39(34(4,5)6)33(42)44-32(24(2)3)40-29-23-26(15-13-25(29)14-16-30(40)41)43-22-9-8-17-37-18-20-38(21-19-37)28-12-10-11-27(35)31(28)36/h10-16,23-24,32H,7-9,17-22H2,1-6H3. The summed E-state index contributed by atoms with van der Waals surface area (Å²) in [5.74, 6) is 0.553. The van der Waals surface area contributed by atoms with E-state index in [2.05, 4.69) is 9.80 Å². The molecular weight excluding hydrogens is 599 g/mol. The summed E-state index contributed by atoms with van der Waals surface area (Å²) >= 11 is 12.6. The van der Waals surface area contributed by atoms with Crippen molar-refractivity contribution in [2.24, 2.45) is 5.92 Å². The van der Waals surface area contributed by atoms with E-state index >= 15 is 0 Å². The molecule has 44 heavy (non-hydrogen) atoms. The molecule has 2 heterocycles. The zero-order valence-electron chi connectivity index (χ0n) is 26.8. The van der Waals surface area contributed by atoms with E-state index in [0.29, 0.717) is 34.5 Å². The number of hydrogen-bond acceptors (Lipinski definition) is 6. The largest absolute Gasteiger partial charge is 0.494 e. The lowest BCUT2D eigenvalue weighted by Gasteiger charge is -2.36. The number of hydrogen-bond donors (Lipinski definition) is 0. The van der Waals surface area contributed by atoms with Crippen molar-refractivity contribution in [3.63, 3.8) is 0 Å². The molecule has 0 N–H and O–H groups in total. The average molecular weight is 646 g/mol. The third kappa shape index (κ3) is 8.20. The summed E-state index contributed by atoms with van der Waals surface area (Å²) in [5.41, 5.74) is 1.05. The molecule has 2 aromatic carbocycles. The smallest absolute Gasteiger partial charge is 0.412 e. The van der Waals surface area contributed by atoms with Gasteiger partial charge in [0.1, 0.15) is 5.75 Å². The molecule has 1 saturated heterocycles. The van der Waals surface area contributed by atoms with Crippen LogP contribution in [0.2, 0.25) is 10.0 Å². The summed E-state index contributed by atoms with van der Waals surface area (Å²) < 4.78 is 13.7. The average Bonchev–Trinajstić information content (AvgIpc) is 2.97. The van der Waals surface area contributed by atoms with Gasteiger partial charge in [-0.1, -0.05) is 43.1 Å². The molecule has 1 fully saturated rings. The lowest BCUT2D eigenvalue weighted by molar-refractivity contribution is -0.0109. The maximum Gasteiger partial charge on any atom is 0.412 e. The third-order valence-electron chi connectivity index (χ3n) is 8.08. The predicted octanol–water partition coefficient (Wildman–Crippen LogP) is 7.70. The number of halogens is 2. The number of carbonyl (C=O) groups excluding carboxylic acids is 1. The number of rotatable bonds is 11. The first kappa shape index (κ1) is 33.9. The second kappa shape index (κ2) is 14.9. The number of fused-ring (bicyclic) bond motifs is 1. The van der Waals surface area contributed by atoms with Gasteiger partial charge in [-0.2, -0.15) is 0 Å². The molecular formula is C34H46Cl2N4O4. The minimum absolute atomic E-state index is 0.130. The van der Waals surface area contributed by atoms with Gasteiger partial charge in [0.2, 0.25) is 0 Å². The highest BCUT2D eigenvalue weighted by atomic mass is 35.5. The van der Waals surface area contributed by atoms with Gasteiger partial charge < -0.3 is 19.3 Å².